The number of carboxylic acid groups (broad SMARTS) is 1. The molecule has 0 spiro atoms. The Morgan fingerprint density at radius 2 is 1.89 bits per heavy atom. The van der Waals surface area contributed by atoms with Gasteiger partial charge in [-0.15, -0.1) is 0 Å². The second-order valence-electron chi connectivity index (χ2n) is 3.67. The van der Waals surface area contributed by atoms with Crippen molar-refractivity contribution in [3.05, 3.63) is 62.9 Å². The molecule has 0 aliphatic carbocycles. The van der Waals surface area contributed by atoms with Crippen LogP contribution in [0, 0.1) is 0 Å². The average Bonchev–Trinajstić information content (AvgIpc) is 2.34. The molecule has 0 saturated carbocycles. The van der Waals surface area contributed by atoms with Gasteiger partial charge in [-0.25, -0.2) is 9.36 Å². The number of aromatic amines is 1. The summed E-state index contributed by atoms with van der Waals surface area (Å²) in [6, 6.07) is 8.32. The molecule has 6 nitrogen and oxygen atoms in total. The van der Waals surface area contributed by atoms with Crippen molar-refractivity contribution < 1.29 is 9.90 Å². The SMILES string of the molecule is O=C(O)Cc1c[nH]c(=O)n(-c2ccccc2)c1=O. The molecule has 0 aliphatic heterocycles. The Kier molecular flexibility index (Phi) is 3.09. The van der Waals surface area contributed by atoms with Gasteiger partial charge in [-0.2, -0.15) is 0 Å². The van der Waals surface area contributed by atoms with Gasteiger partial charge < -0.3 is 10.1 Å². The molecule has 0 aliphatic rings. The fraction of sp³-hybridized carbons (Fsp3) is 0.0833. The van der Waals surface area contributed by atoms with Crippen molar-refractivity contribution in [2.45, 2.75) is 6.42 Å². The van der Waals surface area contributed by atoms with Crippen LogP contribution in [0.5, 0.6) is 0 Å². The third kappa shape index (κ3) is 2.22. The fourth-order valence-electron chi connectivity index (χ4n) is 1.61. The van der Waals surface area contributed by atoms with Crippen LogP contribution in [0.2, 0.25) is 0 Å². The molecule has 1 aromatic heterocycles. The van der Waals surface area contributed by atoms with E-state index in [1.54, 1.807) is 30.3 Å². The topological polar surface area (TPSA) is 92.2 Å². The summed E-state index contributed by atoms with van der Waals surface area (Å²) in [5.41, 5.74) is -0.783. The predicted molar refractivity (Wildman–Crippen MR) is 64.0 cm³/mol. The second kappa shape index (κ2) is 4.70. The molecule has 0 atom stereocenters. The standard InChI is InChI=1S/C12H10N2O4/c15-10(16)6-8-7-13-12(18)14(11(8)17)9-4-2-1-3-5-9/h1-5,7H,6H2,(H,13,18)(H,15,16). The van der Waals surface area contributed by atoms with Crippen LogP contribution in [0.3, 0.4) is 0 Å². The van der Waals surface area contributed by atoms with Gasteiger partial charge in [-0.05, 0) is 12.1 Å². The number of para-hydroxylation sites is 1. The third-order valence-electron chi connectivity index (χ3n) is 2.41. The van der Waals surface area contributed by atoms with Crippen LogP contribution < -0.4 is 11.2 Å². The van der Waals surface area contributed by atoms with Gasteiger partial charge >= 0.3 is 11.7 Å². The molecule has 1 heterocycles. The van der Waals surface area contributed by atoms with Gasteiger partial charge in [0, 0.05) is 11.8 Å². The number of aromatic nitrogens is 2. The number of H-pyrrole nitrogens is 1. The van der Waals surface area contributed by atoms with Crippen molar-refractivity contribution in [1.82, 2.24) is 9.55 Å². The summed E-state index contributed by atoms with van der Waals surface area (Å²) in [7, 11) is 0. The molecule has 2 rings (SSSR count). The van der Waals surface area contributed by atoms with E-state index in [0.29, 0.717) is 5.69 Å². The minimum absolute atomic E-state index is 0.0333. The quantitative estimate of drug-likeness (QED) is 0.806. The largest absolute Gasteiger partial charge is 0.481 e. The number of hydrogen-bond donors (Lipinski definition) is 2. The van der Waals surface area contributed by atoms with Crippen LogP contribution in [-0.2, 0) is 11.2 Å². The summed E-state index contributed by atoms with van der Waals surface area (Å²) in [5.74, 6) is -1.13. The van der Waals surface area contributed by atoms with E-state index in [-0.39, 0.29) is 5.56 Å². The van der Waals surface area contributed by atoms with Gasteiger partial charge in [0.2, 0.25) is 0 Å². The lowest BCUT2D eigenvalue weighted by atomic mass is 10.2. The van der Waals surface area contributed by atoms with E-state index in [4.69, 9.17) is 5.11 Å². The van der Waals surface area contributed by atoms with Crippen molar-refractivity contribution in [2.75, 3.05) is 0 Å². The lowest BCUT2D eigenvalue weighted by molar-refractivity contribution is -0.136. The van der Waals surface area contributed by atoms with Crippen molar-refractivity contribution in [3.63, 3.8) is 0 Å². The average molecular weight is 246 g/mol. The first-order valence-electron chi connectivity index (χ1n) is 5.20. The fourth-order valence-corrected chi connectivity index (χ4v) is 1.61. The van der Waals surface area contributed by atoms with Crippen molar-refractivity contribution >= 4 is 5.97 Å². The summed E-state index contributed by atoms with van der Waals surface area (Å²) < 4.78 is 0.915. The van der Waals surface area contributed by atoms with E-state index in [2.05, 4.69) is 4.98 Å². The summed E-state index contributed by atoms with van der Waals surface area (Å²) >= 11 is 0. The van der Waals surface area contributed by atoms with Gasteiger partial charge in [-0.1, -0.05) is 18.2 Å². The van der Waals surface area contributed by atoms with E-state index >= 15 is 0 Å². The molecule has 0 saturated heterocycles. The molecule has 0 bridgehead atoms. The summed E-state index contributed by atoms with van der Waals surface area (Å²) in [6.45, 7) is 0. The number of aliphatic carboxylic acids is 1. The van der Waals surface area contributed by atoms with E-state index < -0.39 is 23.6 Å². The van der Waals surface area contributed by atoms with Gasteiger partial charge in [-0.3, -0.25) is 9.59 Å². The van der Waals surface area contributed by atoms with Crippen molar-refractivity contribution in [1.29, 1.82) is 0 Å². The predicted octanol–water partition coefficient (Wildman–Crippen LogP) is 0.153. The normalized spacial score (nSPS) is 10.2. The highest BCUT2D eigenvalue weighted by atomic mass is 16.4. The molecule has 0 radical (unpaired) electrons. The third-order valence-corrected chi connectivity index (χ3v) is 2.41. The first kappa shape index (κ1) is 11.8. The zero-order valence-electron chi connectivity index (χ0n) is 9.29. The molecule has 2 N–H and O–H groups in total. The van der Waals surface area contributed by atoms with Crippen LogP contribution in [0.25, 0.3) is 5.69 Å². The Hall–Kier alpha value is -2.63. The van der Waals surface area contributed by atoms with E-state index in [1.165, 1.54) is 0 Å². The number of nitrogens with zero attached hydrogens (tertiary/aromatic N) is 1. The Morgan fingerprint density at radius 1 is 1.22 bits per heavy atom. The van der Waals surface area contributed by atoms with Crippen LogP contribution in [0.4, 0.5) is 0 Å². The van der Waals surface area contributed by atoms with Gasteiger partial charge in [0.25, 0.3) is 5.56 Å². The lowest BCUT2D eigenvalue weighted by Gasteiger charge is -2.05. The van der Waals surface area contributed by atoms with Gasteiger partial charge in [0.15, 0.2) is 0 Å². The Balaban J connectivity index is 2.64. The van der Waals surface area contributed by atoms with Gasteiger partial charge in [0.1, 0.15) is 0 Å². The molecular weight excluding hydrogens is 236 g/mol. The molecular formula is C12H10N2O4. The minimum Gasteiger partial charge on any atom is -0.481 e. The number of nitrogens with one attached hydrogen (secondary N) is 1. The molecule has 6 heteroatoms. The summed E-state index contributed by atoms with van der Waals surface area (Å²) in [6.07, 6.45) is 0.709. The monoisotopic (exact) mass is 246 g/mol. The van der Waals surface area contributed by atoms with Crippen molar-refractivity contribution in [2.24, 2.45) is 0 Å². The molecule has 0 amide bonds. The van der Waals surface area contributed by atoms with E-state index in [1.807, 2.05) is 0 Å². The molecule has 0 fully saturated rings. The zero-order chi connectivity index (χ0) is 13.1. The second-order valence-corrected chi connectivity index (χ2v) is 3.67. The van der Waals surface area contributed by atoms with E-state index in [0.717, 1.165) is 10.8 Å². The molecule has 1 aromatic carbocycles. The summed E-state index contributed by atoms with van der Waals surface area (Å²) in [5, 5.41) is 8.68. The van der Waals surface area contributed by atoms with Crippen LogP contribution in [0.1, 0.15) is 5.56 Å². The number of hydrogen-bond acceptors (Lipinski definition) is 3. The Labute approximate surface area is 101 Å². The van der Waals surface area contributed by atoms with Crippen LogP contribution in [-0.4, -0.2) is 20.6 Å². The van der Waals surface area contributed by atoms with E-state index in [9.17, 15) is 14.4 Å². The molecule has 92 valence electrons. The minimum atomic E-state index is -1.13. The highest BCUT2D eigenvalue weighted by molar-refractivity contribution is 5.69. The zero-order valence-corrected chi connectivity index (χ0v) is 9.29. The molecule has 0 unspecified atom stereocenters. The Morgan fingerprint density at radius 3 is 2.50 bits per heavy atom. The molecule has 2 aromatic rings. The highest BCUT2D eigenvalue weighted by Crippen LogP contribution is 2.01. The van der Waals surface area contributed by atoms with Gasteiger partial charge in [0.05, 0.1) is 12.1 Å². The first-order chi connectivity index (χ1) is 8.59. The smallest absolute Gasteiger partial charge is 0.332 e. The number of rotatable bonds is 3. The maximum Gasteiger partial charge on any atom is 0.332 e. The molecule has 18 heavy (non-hydrogen) atoms. The number of carbonyl (C=O) groups is 1. The Bertz CT molecular complexity index is 685. The lowest BCUT2D eigenvalue weighted by Crippen LogP contribution is -2.36. The van der Waals surface area contributed by atoms with Crippen molar-refractivity contribution in [3.8, 4) is 5.69 Å². The highest BCUT2D eigenvalue weighted by Gasteiger charge is 2.11. The number of carboxylic acids is 1. The summed E-state index contributed by atoms with van der Waals surface area (Å²) in [4.78, 5) is 36.6. The first-order valence-corrected chi connectivity index (χ1v) is 5.20. The van der Waals surface area contributed by atoms with Crippen LogP contribution in [0.15, 0.2) is 46.1 Å². The van der Waals surface area contributed by atoms with Crippen LogP contribution >= 0.6 is 0 Å². The maximum absolute atomic E-state index is 12.0. The maximum atomic E-state index is 12.0. The number of benzene rings is 1.